The minimum atomic E-state index is -1.27. The van der Waals surface area contributed by atoms with E-state index in [4.69, 9.17) is 4.74 Å². The number of rotatable bonds is 4. The number of aliphatic carboxylic acids is 1. The Balaban J connectivity index is 1.78. The van der Waals surface area contributed by atoms with E-state index in [1.54, 1.807) is 6.08 Å². The number of amides is 1. The molecule has 4 rings (SSSR count). The SMILES string of the molecule is C=Cc1ccc2c(c1)c(O[C@@H]1C[C@@H](C(=O)O)N(C(=O)O)C1)nc1ccccc12. The van der Waals surface area contributed by atoms with Gasteiger partial charge in [0.1, 0.15) is 12.1 Å². The minimum absolute atomic E-state index is 0.0244. The quantitative estimate of drug-likeness (QED) is 0.673. The molecule has 0 spiro atoms. The molecule has 0 aliphatic carbocycles. The van der Waals surface area contributed by atoms with Gasteiger partial charge in [0.15, 0.2) is 0 Å². The van der Waals surface area contributed by atoms with Crippen molar-refractivity contribution in [3.05, 3.63) is 54.6 Å². The smallest absolute Gasteiger partial charge is 0.408 e. The van der Waals surface area contributed by atoms with Crippen LogP contribution in [0.2, 0.25) is 0 Å². The Hall–Kier alpha value is -3.61. The molecule has 2 atom stereocenters. The first-order valence-electron chi connectivity index (χ1n) is 8.82. The van der Waals surface area contributed by atoms with Crippen LogP contribution in [0.3, 0.4) is 0 Å². The average molecular weight is 378 g/mol. The summed E-state index contributed by atoms with van der Waals surface area (Å²) in [5.74, 6) is -0.822. The van der Waals surface area contributed by atoms with Gasteiger partial charge in [-0.25, -0.2) is 14.6 Å². The van der Waals surface area contributed by atoms with E-state index in [0.29, 0.717) is 5.88 Å². The molecule has 0 radical (unpaired) electrons. The molecule has 28 heavy (non-hydrogen) atoms. The number of hydrogen-bond donors (Lipinski definition) is 2. The number of pyridine rings is 1. The van der Waals surface area contributed by atoms with Crippen LogP contribution in [0.25, 0.3) is 27.8 Å². The van der Waals surface area contributed by atoms with Crippen LogP contribution in [-0.2, 0) is 4.79 Å². The summed E-state index contributed by atoms with van der Waals surface area (Å²) in [4.78, 5) is 28.3. The molecular weight excluding hydrogens is 360 g/mol. The van der Waals surface area contributed by atoms with Gasteiger partial charge in [-0.15, -0.1) is 0 Å². The lowest BCUT2D eigenvalue weighted by Crippen LogP contribution is -2.39. The van der Waals surface area contributed by atoms with Crippen LogP contribution in [0.1, 0.15) is 12.0 Å². The number of likely N-dealkylation sites (tertiary alicyclic amines) is 1. The van der Waals surface area contributed by atoms with Crippen LogP contribution in [0.4, 0.5) is 4.79 Å². The second-order valence-electron chi connectivity index (χ2n) is 6.71. The summed E-state index contributed by atoms with van der Waals surface area (Å²) in [5, 5.41) is 21.3. The van der Waals surface area contributed by atoms with E-state index in [0.717, 1.165) is 32.1 Å². The first-order chi connectivity index (χ1) is 13.5. The number of hydrogen-bond acceptors (Lipinski definition) is 4. The van der Waals surface area contributed by atoms with Crippen molar-refractivity contribution in [2.45, 2.75) is 18.6 Å². The molecule has 142 valence electrons. The largest absolute Gasteiger partial charge is 0.480 e. The fourth-order valence-corrected chi connectivity index (χ4v) is 3.65. The molecule has 7 heteroatoms. The summed E-state index contributed by atoms with van der Waals surface area (Å²) >= 11 is 0. The van der Waals surface area contributed by atoms with Crippen molar-refractivity contribution >= 4 is 39.8 Å². The van der Waals surface area contributed by atoms with E-state index in [1.807, 2.05) is 42.5 Å². The van der Waals surface area contributed by atoms with Gasteiger partial charge in [-0.3, -0.25) is 4.90 Å². The summed E-state index contributed by atoms with van der Waals surface area (Å²) in [5.41, 5.74) is 1.65. The number of carboxylic acid groups (broad SMARTS) is 2. The number of ether oxygens (including phenoxy) is 1. The summed E-state index contributed by atoms with van der Waals surface area (Å²) in [7, 11) is 0. The van der Waals surface area contributed by atoms with E-state index in [-0.39, 0.29) is 13.0 Å². The third-order valence-corrected chi connectivity index (χ3v) is 5.00. The molecule has 2 N–H and O–H groups in total. The topological polar surface area (TPSA) is 100.0 Å². The second kappa shape index (κ2) is 6.84. The molecule has 7 nitrogen and oxygen atoms in total. The van der Waals surface area contributed by atoms with Gasteiger partial charge in [-0.1, -0.05) is 43.0 Å². The van der Waals surface area contributed by atoms with Crippen molar-refractivity contribution in [3.8, 4) is 5.88 Å². The van der Waals surface area contributed by atoms with E-state index < -0.39 is 24.2 Å². The lowest BCUT2D eigenvalue weighted by atomic mass is 10.0. The highest BCUT2D eigenvalue weighted by Gasteiger charge is 2.41. The van der Waals surface area contributed by atoms with Gasteiger partial charge in [-0.05, 0) is 23.1 Å². The molecule has 2 heterocycles. The number of benzene rings is 2. The van der Waals surface area contributed by atoms with E-state index in [1.165, 1.54) is 0 Å². The van der Waals surface area contributed by atoms with Crippen molar-refractivity contribution in [1.29, 1.82) is 0 Å². The Kier molecular flexibility index (Phi) is 4.35. The maximum atomic E-state index is 11.4. The predicted octanol–water partition coefficient (Wildman–Crippen LogP) is 3.62. The zero-order valence-corrected chi connectivity index (χ0v) is 14.9. The Morgan fingerprint density at radius 3 is 2.61 bits per heavy atom. The van der Waals surface area contributed by atoms with E-state index >= 15 is 0 Å². The van der Waals surface area contributed by atoms with Crippen LogP contribution in [0, 0.1) is 0 Å². The number of fused-ring (bicyclic) bond motifs is 3. The molecule has 1 aliphatic heterocycles. The molecule has 0 bridgehead atoms. The highest BCUT2D eigenvalue weighted by molar-refractivity contribution is 6.08. The maximum Gasteiger partial charge on any atom is 0.408 e. The third kappa shape index (κ3) is 3.00. The molecule has 1 saturated heterocycles. The van der Waals surface area contributed by atoms with Gasteiger partial charge in [-0.2, -0.15) is 0 Å². The number of carbonyl (C=O) groups is 2. The fourth-order valence-electron chi connectivity index (χ4n) is 3.65. The molecule has 0 saturated carbocycles. The Labute approximate surface area is 160 Å². The Morgan fingerprint density at radius 1 is 1.14 bits per heavy atom. The minimum Gasteiger partial charge on any atom is -0.480 e. The highest BCUT2D eigenvalue weighted by atomic mass is 16.5. The fraction of sp³-hybridized carbons (Fsp3) is 0.190. The van der Waals surface area contributed by atoms with Crippen LogP contribution in [-0.4, -0.2) is 50.9 Å². The van der Waals surface area contributed by atoms with Crippen molar-refractivity contribution in [2.75, 3.05) is 6.54 Å². The van der Waals surface area contributed by atoms with Crippen LogP contribution in [0.15, 0.2) is 49.0 Å². The molecule has 0 unspecified atom stereocenters. The van der Waals surface area contributed by atoms with Crippen LogP contribution < -0.4 is 4.74 Å². The van der Waals surface area contributed by atoms with E-state index in [9.17, 15) is 19.8 Å². The van der Waals surface area contributed by atoms with Gasteiger partial charge >= 0.3 is 12.1 Å². The van der Waals surface area contributed by atoms with Gasteiger partial charge in [0.2, 0.25) is 5.88 Å². The number of carboxylic acids is 1. The van der Waals surface area contributed by atoms with Crippen molar-refractivity contribution in [3.63, 3.8) is 0 Å². The van der Waals surface area contributed by atoms with Gasteiger partial charge in [0.05, 0.1) is 12.1 Å². The standard InChI is InChI=1S/C21H18N2O5/c1-2-12-7-8-14-15-5-3-4-6-17(15)22-19(16(14)9-12)28-13-10-18(20(24)25)23(11-13)21(26)27/h2-9,13,18H,1,10-11H2,(H,24,25)(H,26,27)/t13-,18+/m1/s1. The first kappa shape index (κ1) is 17.8. The molecular formula is C21H18N2O5. The van der Waals surface area contributed by atoms with Gasteiger partial charge in [0.25, 0.3) is 0 Å². The molecule has 1 fully saturated rings. The molecule has 3 aromatic rings. The highest BCUT2D eigenvalue weighted by Crippen LogP contribution is 2.33. The lowest BCUT2D eigenvalue weighted by Gasteiger charge is -2.17. The molecule has 2 aromatic carbocycles. The number of nitrogens with zero attached hydrogens (tertiary/aromatic N) is 2. The molecule has 1 aromatic heterocycles. The normalized spacial score (nSPS) is 19.1. The van der Waals surface area contributed by atoms with Gasteiger partial charge in [0, 0.05) is 17.2 Å². The van der Waals surface area contributed by atoms with Crippen molar-refractivity contribution < 1.29 is 24.5 Å². The van der Waals surface area contributed by atoms with Crippen LogP contribution in [0.5, 0.6) is 5.88 Å². The lowest BCUT2D eigenvalue weighted by molar-refractivity contribution is -0.141. The zero-order valence-electron chi connectivity index (χ0n) is 14.9. The zero-order chi connectivity index (χ0) is 19.8. The Bertz CT molecular complexity index is 1090. The average Bonchev–Trinajstić information content (AvgIpc) is 3.12. The second-order valence-corrected chi connectivity index (χ2v) is 6.71. The summed E-state index contributed by atoms with van der Waals surface area (Å²) in [6.07, 6.45) is -0.0791. The van der Waals surface area contributed by atoms with Gasteiger partial charge < -0.3 is 14.9 Å². The maximum absolute atomic E-state index is 11.4. The Morgan fingerprint density at radius 2 is 1.93 bits per heavy atom. The number of aromatic nitrogens is 1. The summed E-state index contributed by atoms with van der Waals surface area (Å²) in [6, 6.07) is 12.4. The monoisotopic (exact) mass is 378 g/mol. The molecule has 1 amide bonds. The summed E-state index contributed by atoms with van der Waals surface area (Å²) in [6.45, 7) is 3.77. The van der Waals surface area contributed by atoms with Crippen LogP contribution >= 0.6 is 0 Å². The predicted molar refractivity (Wildman–Crippen MR) is 105 cm³/mol. The number of para-hydroxylation sites is 1. The molecule has 1 aliphatic rings. The first-order valence-corrected chi connectivity index (χ1v) is 8.82. The third-order valence-electron chi connectivity index (χ3n) is 5.00. The van der Waals surface area contributed by atoms with Crippen molar-refractivity contribution in [2.24, 2.45) is 0 Å². The van der Waals surface area contributed by atoms with Crippen molar-refractivity contribution in [1.82, 2.24) is 9.88 Å². The van der Waals surface area contributed by atoms with E-state index in [2.05, 4.69) is 11.6 Å². The summed E-state index contributed by atoms with van der Waals surface area (Å²) < 4.78 is 6.04.